The van der Waals surface area contributed by atoms with Crippen LogP contribution in [0.15, 0.2) is 36.4 Å². The fourth-order valence-electron chi connectivity index (χ4n) is 1.43. The van der Waals surface area contributed by atoms with E-state index in [1.54, 1.807) is 6.07 Å². The van der Waals surface area contributed by atoms with Crippen molar-refractivity contribution in [2.24, 2.45) is 5.73 Å². The molecule has 3 nitrogen and oxygen atoms in total. The molecule has 0 aliphatic carbocycles. The molecular weight excluding hydrogens is 224 g/mol. The molecule has 2 aromatic rings. The Morgan fingerprint density at radius 2 is 1.94 bits per heavy atom. The molecule has 2 rings (SSSR count). The number of nitrogens with two attached hydrogens (primary N) is 1. The van der Waals surface area contributed by atoms with Crippen LogP contribution in [0.4, 0.5) is 8.78 Å². The van der Waals surface area contributed by atoms with Crippen LogP contribution in [-0.2, 0) is 0 Å². The summed E-state index contributed by atoms with van der Waals surface area (Å²) in [5, 5.41) is 7.24. The van der Waals surface area contributed by atoms with Crippen molar-refractivity contribution in [3.63, 3.8) is 0 Å². The quantitative estimate of drug-likeness (QED) is 0.617. The summed E-state index contributed by atoms with van der Waals surface area (Å²) in [6, 6.07) is 7.78. The van der Waals surface area contributed by atoms with Crippen molar-refractivity contribution in [2.75, 3.05) is 0 Å². The van der Waals surface area contributed by atoms with Crippen molar-refractivity contribution in [3.05, 3.63) is 53.7 Å². The molecule has 5 heteroatoms. The molecule has 0 unspecified atom stereocenters. The minimum absolute atomic E-state index is 0.0492. The van der Waals surface area contributed by atoms with E-state index in [2.05, 4.69) is 4.98 Å². The van der Waals surface area contributed by atoms with Crippen molar-refractivity contribution < 1.29 is 8.78 Å². The van der Waals surface area contributed by atoms with Crippen LogP contribution < -0.4 is 5.73 Å². The number of hydrogen-bond donors (Lipinski definition) is 2. The lowest BCUT2D eigenvalue weighted by molar-refractivity contribution is 0.602. The summed E-state index contributed by atoms with van der Waals surface area (Å²) in [5.74, 6) is -1.33. The highest BCUT2D eigenvalue weighted by Crippen LogP contribution is 2.21. The average Bonchev–Trinajstić information content (AvgIpc) is 2.32. The zero-order chi connectivity index (χ0) is 12.4. The molecule has 0 radical (unpaired) electrons. The van der Waals surface area contributed by atoms with Crippen molar-refractivity contribution in [2.45, 2.75) is 0 Å². The summed E-state index contributed by atoms with van der Waals surface area (Å²) < 4.78 is 26.5. The monoisotopic (exact) mass is 233 g/mol. The summed E-state index contributed by atoms with van der Waals surface area (Å²) in [4.78, 5) is 3.99. The van der Waals surface area contributed by atoms with E-state index in [9.17, 15) is 8.78 Å². The van der Waals surface area contributed by atoms with Crippen LogP contribution in [0.1, 0.15) is 5.69 Å². The highest BCUT2D eigenvalue weighted by Gasteiger charge is 2.09. The Balaban J connectivity index is 2.56. The fourth-order valence-corrected chi connectivity index (χ4v) is 1.43. The molecule has 0 saturated carbocycles. The van der Waals surface area contributed by atoms with E-state index >= 15 is 0 Å². The summed E-state index contributed by atoms with van der Waals surface area (Å²) in [6.07, 6.45) is 0. The smallest absolute Gasteiger partial charge is 0.141 e. The normalized spacial score (nSPS) is 10.2. The number of aromatic nitrogens is 1. The number of pyridine rings is 1. The van der Waals surface area contributed by atoms with Gasteiger partial charge in [0.1, 0.15) is 23.2 Å². The van der Waals surface area contributed by atoms with Gasteiger partial charge in [-0.15, -0.1) is 0 Å². The third-order valence-corrected chi connectivity index (χ3v) is 2.23. The second kappa shape index (κ2) is 4.29. The van der Waals surface area contributed by atoms with E-state index in [0.717, 1.165) is 18.2 Å². The number of benzene rings is 1. The predicted octanol–water partition coefficient (Wildman–Crippen LogP) is 2.31. The minimum Gasteiger partial charge on any atom is -0.382 e. The van der Waals surface area contributed by atoms with E-state index in [-0.39, 0.29) is 22.8 Å². The number of rotatable bonds is 2. The number of nitrogens with one attached hydrogen (secondary N) is 1. The maximum Gasteiger partial charge on any atom is 0.141 e. The number of halogens is 2. The van der Waals surface area contributed by atoms with Gasteiger partial charge >= 0.3 is 0 Å². The van der Waals surface area contributed by atoms with Crippen molar-refractivity contribution in [3.8, 4) is 11.3 Å². The Hall–Kier alpha value is -2.30. The van der Waals surface area contributed by atoms with E-state index in [4.69, 9.17) is 11.1 Å². The van der Waals surface area contributed by atoms with Gasteiger partial charge in [0.25, 0.3) is 0 Å². The number of nitrogen functional groups attached to an aromatic ring is 1. The Morgan fingerprint density at radius 1 is 1.18 bits per heavy atom. The number of nitrogens with zero attached hydrogens (tertiary/aromatic N) is 1. The Morgan fingerprint density at radius 3 is 2.65 bits per heavy atom. The molecular formula is C12H9F2N3. The molecule has 1 aromatic carbocycles. The topological polar surface area (TPSA) is 62.8 Å². The molecule has 1 aromatic heterocycles. The Kier molecular flexibility index (Phi) is 2.82. The first kappa shape index (κ1) is 11.2. The van der Waals surface area contributed by atoms with E-state index in [1.807, 2.05) is 0 Å². The van der Waals surface area contributed by atoms with Crippen LogP contribution in [-0.4, -0.2) is 10.8 Å². The lowest BCUT2D eigenvalue weighted by Crippen LogP contribution is -2.13. The van der Waals surface area contributed by atoms with Crippen molar-refractivity contribution in [1.29, 1.82) is 5.41 Å². The highest BCUT2D eigenvalue weighted by molar-refractivity contribution is 5.93. The molecule has 0 fully saturated rings. The van der Waals surface area contributed by atoms with Crippen molar-refractivity contribution >= 4 is 5.84 Å². The molecule has 17 heavy (non-hydrogen) atoms. The maximum atomic E-state index is 13.5. The van der Waals surface area contributed by atoms with Crippen LogP contribution >= 0.6 is 0 Å². The predicted molar refractivity (Wildman–Crippen MR) is 60.6 cm³/mol. The maximum absolute atomic E-state index is 13.5. The summed E-state index contributed by atoms with van der Waals surface area (Å²) in [6.45, 7) is 0. The number of amidine groups is 1. The first-order chi connectivity index (χ1) is 8.08. The van der Waals surface area contributed by atoms with Crippen molar-refractivity contribution in [1.82, 2.24) is 4.98 Å². The van der Waals surface area contributed by atoms with Gasteiger partial charge in [0.15, 0.2) is 0 Å². The molecule has 0 aliphatic rings. The molecule has 0 spiro atoms. The van der Waals surface area contributed by atoms with Crippen LogP contribution in [0.2, 0.25) is 0 Å². The third kappa shape index (κ3) is 2.28. The van der Waals surface area contributed by atoms with Gasteiger partial charge in [-0.3, -0.25) is 5.41 Å². The van der Waals surface area contributed by atoms with Gasteiger partial charge in [-0.05, 0) is 30.3 Å². The second-order valence-corrected chi connectivity index (χ2v) is 3.45. The summed E-state index contributed by atoms with van der Waals surface area (Å²) >= 11 is 0. The summed E-state index contributed by atoms with van der Waals surface area (Å²) in [5.41, 5.74) is 5.80. The van der Waals surface area contributed by atoms with E-state index < -0.39 is 11.6 Å². The largest absolute Gasteiger partial charge is 0.382 e. The van der Waals surface area contributed by atoms with Gasteiger partial charge in [0, 0.05) is 5.56 Å². The molecule has 0 saturated heterocycles. The molecule has 0 atom stereocenters. The molecule has 1 heterocycles. The molecule has 3 N–H and O–H groups in total. The van der Waals surface area contributed by atoms with Gasteiger partial charge in [-0.1, -0.05) is 6.07 Å². The third-order valence-electron chi connectivity index (χ3n) is 2.23. The van der Waals surface area contributed by atoms with Crippen LogP contribution in [0.25, 0.3) is 11.3 Å². The Labute approximate surface area is 96.4 Å². The minimum atomic E-state index is -0.570. The lowest BCUT2D eigenvalue weighted by atomic mass is 10.1. The number of hydrogen-bond acceptors (Lipinski definition) is 2. The Bertz CT molecular complexity index is 582. The molecule has 0 amide bonds. The highest BCUT2D eigenvalue weighted by atomic mass is 19.1. The summed E-state index contributed by atoms with van der Waals surface area (Å²) in [7, 11) is 0. The van der Waals surface area contributed by atoms with Gasteiger partial charge < -0.3 is 5.73 Å². The fraction of sp³-hybridized carbons (Fsp3) is 0. The second-order valence-electron chi connectivity index (χ2n) is 3.45. The standard InChI is InChI=1S/C12H9F2N3/c13-7-4-5-9(14)8(6-7)10-2-1-3-11(17-10)12(15)16/h1-6H,(H3,15,16). The molecule has 0 aliphatic heterocycles. The van der Waals surface area contributed by atoms with Crippen LogP contribution in [0.5, 0.6) is 0 Å². The first-order valence-corrected chi connectivity index (χ1v) is 4.85. The van der Waals surface area contributed by atoms with E-state index in [1.165, 1.54) is 12.1 Å². The van der Waals surface area contributed by atoms with Crippen LogP contribution in [0, 0.1) is 17.0 Å². The van der Waals surface area contributed by atoms with Gasteiger partial charge in [-0.25, -0.2) is 13.8 Å². The zero-order valence-electron chi connectivity index (χ0n) is 8.74. The average molecular weight is 233 g/mol. The van der Waals surface area contributed by atoms with Gasteiger partial charge in [-0.2, -0.15) is 0 Å². The SMILES string of the molecule is N=C(N)c1cccc(-c2cc(F)ccc2F)n1. The van der Waals surface area contributed by atoms with Crippen LogP contribution in [0.3, 0.4) is 0 Å². The van der Waals surface area contributed by atoms with E-state index in [0.29, 0.717) is 0 Å². The van der Waals surface area contributed by atoms with Gasteiger partial charge in [0.2, 0.25) is 0 Å². The lowest BCUT2D eigenvalue weighted by Gasteiger charge is -2.04. The molecule has 86 valence electrons. The zero-order valence-corrected chi connectivity index (χ0v) is 8.74. The first-order valence-electron chi connectivity index (χ1n) is 4.85. The van der Waals surface area contributed by atoms with Gasteiger partial charge in [0.05, 0.1) is 5.69 Å². The molecule has 0 bridgehead atoms.